The van der Waals surface area contributed by atoms with Crippen LogP contribution in [-0.4, -0.2) is 12.5 Å². The van der Waals surface area contributed by atoms with Crippen LogP contribution in [-0.2, 0) is 0 Å². The van der Waals surface area contributed by atoms with E-state index in [1.165, 1.54) is 0 Å². The molecule has 1 aromatic carbocycles. The predicted octanol–water partition coefficient (Wildman–Crippen LogP) is 1.99. The van der Waals surface area contributed by atoms with Gasteiger partial charge in [-0.2, -0.15) is 0 Å². The van der Waals surface area contributed by atoms with Gasteiger partial charge in [-0.15, -0.1) is 0 Å². The predicted molar refractivity (Wildman–Crippen MR) is 63.7 cm³/mol. The first-order valence-electron chi connectivity index (χ1n) is 4.69. The molecule has 0 saturated carbocycles. The molecule has 0 radical (unpaired) electrons. The molecule has 0 fully saturated rings. The van der Waals surface area contributed by atoms with E-state index in [1.807, 2.05) is 31.2 Å². The minimum Gasteiger partial charge on any atom is -0.383 e. The average molecular weight is 222 g/mol. The van der Waals surface area contributed by atoms with Crippen LogP contribution in [0.1, 0.15) is 12.5 Å². The highest BCUT2D eigenvalue weighted by atomic mass is 35.5. The Bertz CT molecular complexity index is 432. The van der Waals surface area contributed by atoms with Gasteiger partial charge in [0.05, 0.1) is 0 Å². The van der Waals surface area contributed by atoms with Gasteiger partial charge < -0.3 is 11.1 Å². The Morgan fingerprint density at radius 3 is 2.60 bits per heavy atom. The highest BCUT2D eigenvalue weighted by Gasteiger charge is 2.13. The van der Waals surface area contributed by atoms with Gasteiger partial charge in [-0.1, -0.05) is 23.7 Å². The van der Waals surface area contributed by atoms with Crippen LogP contribution in [0.5, 0.6) is 0 Å². The number of allylic oxidation sites excluding steroid dienone is 1. The summed E-state index contributed by atoms with van der Waals surface area (Å²) in [6, 6.07) is 7.57. The van der Waals surface area contributed by atoms with Crippen molar-refractivity contribution in [2.45, 2.75) is 6.92 Å². The van der Waals surface area contributed by atoms with E-state index in [1.54, 1.807) is 0 Å². The lowest BCUT2D eigenvalue weighted by molar-refractivity contribution is 0.819. The van der Waals surface area contributed by atoms with Gasteiger partial charge in [0.25, 0.3) is 0 Å². The number of nitrogens with zero attached hydrogens (tertiary/aromatic N) is 1. The van der Waals surface area contributed by atoms with Crippen molar-refractivity contribution in [3.05, 3.63) is 40.5 Å². The summed E-state index contributed by atoms with van der Waals surface area (Å²) in [5.74, 6) is 0.577. The third-order valence-electron chi connectivity index (χ3n) is 2.36. The molecule has 1 aliphatic rings. The van der Waals surface area contributed by atoms with E-state index in [-0.39, 0.29) is 0 Å². The largest absolute Gasteiger partial charge is 0.383 e. The SMILES string of the molecule is CC1=C(c2ccc(Cl)cc2)C(N)=NCN1. The van der Waals surface area contributed by atoms with Gasteiger partial charge in [-0.3, -0.25) is 0 Å². The van der Waals surface area contributed by atoms with E-state index in [2.05, 4.69) is 10.3 Å². The summed E-state index contributed by atoms with van der Waals surface area (Å²) in [7, 11) is 0. The molecule has 0 amide bonds. The van der Waals surface area contributed by atoms with Gasteiger partial charge in [-0.25, -0.2) is 4.99 Å². The minimum atomic E-state index is 0.550. The van der Waals surface area contributed by atoms with Gasteiger partial charge in [0.2, 0.25) is 0 Å². The zero-order chi connectivity index (χ0) is 10.8. The normalized spacial score (nSPS) is 16.0. The molecule has 0 spiro atoms. The summed E-state index contributed by atoms with van der Waals surface area (Å²) in [6.45, 7) is 2.54. The van der Waals surface area contributed by atoms with Crippen LogP contribution in [0.25, 0.3) is 5.57 Å². The number of nitrogens with one attached hydrogen (secondary N) is 1. The Morgan fingerprint density at radius 2 is 2.00 bits per heavy atom. The second-order valence-electron chi connectivity index (χ2n) is 3.39. The van der Waals surface area contributed by atoms with Crippen molar-refractivity contribution in [2.24, 2.45) is 10.7 Å². The Labute approximate surface area is 93.6 Å². The number of amidine groups is 1. The van der Waals surface area contributed by atoms with Crippen LogP contribution in [0.3, 0.4) is 0 Å². The second kappa shape index (κ2) is 3.95. The van der Waals surface area contributed by atoms with Gasteiger partial charge in [0.1, 0.15) is 12.5 Å². The zero-order valence-electron chi connectivity index (χ0n) is 8.42. The highest BCUT2D eigenvalue weighted by Crippen LogP contribution is 2.21. The quantitative estimate of drug-likeness (QED) is 0.762. The molecular formula is C11H12ClN3. The standard InChI is InChI=1S/C11H12ClN3/c1-7-10(11(13)15-6-14-7)8-2-4-9(12)5-3-8/h2-5,14H,6H2,1H3,(H2,13,15). The Balaban J connectivity index is 2.46. The Hall–Kier alpha value is -1.48. The molecular weight excluding hydrogens is 210 g/mol. The van der Waals surface area contributed by atoms with Crippen LogP contribution in [0.2, 0.25) is 5.02 Å². The summed E-state index contributed by atoms with van der Waals surface area (Å²) >= 11 is 5.83. The summed E-state index contributed by atoms with van der Waals surface area (Å²) in [4.78, 5) is 4.15. The zero-order valence-corrected chi connectivity index (χ0v) is 9.17. The number of halogens is 1. The molecule has 0 saturated heterocycles. The van der Waals surface area contributed by atoms with Crippen molar-refractivity contribution < 1.29 is 0 Å². The summed E-state index contributed by atoms with van der Waals surface area (Å²) in [5, 5.41) is 3.87. The van der Waals surface area contributed by atoms with E-state index in [9.17, 15) is 0 Å². The molecule has 3 nitrogen and oxygen atoms in total. The van der Waals surface area contributed by atoms with E-state index >= 15 is 0 Å². The highest BCUT2D eigenvalue weighted by molar-refractivity contribution is 6.30. The van der Waals surface area contributed by atoms with Crippen LogP contribution < -0.4 is 11.1 Å². The molecule has 1 aliphatic heterocycles. The number of hydrogen-bond donors (Lipinski definition) is 2. The lowest BCUT2D eigenvalue weighted by atomic mass is 10.0. The molecule has 0 unspecified atom stereocenters. The monoisotopic (exact) mass is 221 g/mol. The first-order valence-corrected chi connectivity index (χ1v) is 5.07. The number of hydrogen-bond acceptors (Lipinski definition) is 3. The van der Waals surface area contributed by atoms with E-state index in [4.69, 9.17) is 17.3 Å². The third kappa shape index (κ3) is 1.97. The van der Waals surface area contributed by atoms with Crippen LogP contribution in [0.4, 0.5) is 0 Å². The van der Waals surface area contributed by atoms with Crippen molar-refractivity contribution >= 4 is 23.0 Å². The molecule has 0 atom stereocenters. The van der Waals surface area contributed by atoms with Crippen molar-refractivity contribution in [2.75, 3.05) is 6.67 Å². The first kappa shape index (κ1) is 10.1. The van der Waals surface area contributed by atoms with Gasteiger partial charge in [0, 0.05) is 16.3 Å². The fourth-order valence-corrected chi connectivity index (χ4v) is 1.71. The van der Waals surface area contributed by atoms with Crippen LogP contribution >= 0.6 is 11.6 Å². The van der Waals surface area contributed by atoms with Crippen molar-refractivity contribution in [1.29, 1.82) is 0 Å². The number of rotatable bonds is 1. The van der Waals surface area contributed by atoms with E-state index < -0.39 is 0 Å². The Morgan fingerprint density at radius 1 is 1.33 bits per heavy atom. The lowest BCUT2D eigenvalue weighted by Crippen LogP contribution is -2.27. The molecule has 1 heterocycles. The van der Waals surface area contributed by atoms with Crippen LogP contribution in [0, 0.1) is 0 Å². The molecule has 2 rings (SSSR count). The van der Waals surface area contributed by atoms with Gasteiger partial charge in [-0.05, 0) is 24.6 Å². The first-order chi connectivity index (χ1) is 7.18. The molecule has 3 N–H and O–H groups in total. The molecule has 1 aromatic rings. The fourth-order valence-electron chi connectivity index (χ4n) is 1.58. The van der Waals surface area contributed by atoms with E-state index in [0.29, 0.717) is 12.5 Å². The number of aliphatic imine (C=N–C) groups is 1. The molecule has 0 bridgehead atoms. The van der Waals surface area contributed by atoms with E-state index in [0.717, 1.165) is 21.9 Å². The smallest absolute Gasteiger partial charge is 0.130 e. The fraction of sp³-hybridized carbons (Fsp3) is 0.182. The average Bonchev–Trinajstić information content (AvgIpc) is 2.20. The molecule has 0 aliphatic carbocycles. The maximum atomic E-state index is 5.86. The summed E-state index contributed by atoms with van der Waals surface area (Å²) in [6.07, 6.45) is 0. The maximum absolute atomic E-state index is 5.86. The summed E-state index contributed by atoms with van der Waals surface area (Å²) in [5.41, 5.74) is 8.89. The molecule has 4 heteroatoms. The van der Waals surface area contributed by atoms with Crippen molar-refractivity contribution in [3.8, 4) is 0 Å². The maximum Gasteiger partial charge on any atom is 0.130 e. The van der Waals surface area contributed by atoms with Gasteiger partial charge in [0.15, 0.2) is 0 Å². The second-order valence-corrected chi connectivity index (χ2v) is 3.82. The third-order valence-corrected chi connectivity index (χ3v) is 2.61. The number of benzene rings is 1. The number of nitrogens with two attached hydrogens (primary N) is 1. The minimum absolute atomic E-state index is 0.550. The Kier molecular flexibility index (Phi) is 2.64. The van der Waals surface area contributed by atoms with Crippen molar-refractivity contribution in [1.82, 2.24) is 5.32 Å². The molecule has 78 valence electrons. The van der Waals surface area contributed by atoms with Crippen molar-refractivity contribution in [3.63, 3.8) is 0 Å². The van der Waals surface area contributed by atoms with Crippen LogP contribution in [0.15, 0.2) is 35.0 Å². The summed E-state index contributed by atoms with van der Waals surface area (Å²) < 4.78 is 0. The topological polar surface area (TPSA) is 50.4 Å². The van der Waals surface area contributed by atoms with Gasteiger partial charge >= 0.3 is 0 Å². The lowest BCUT2D eigenvalue weighted by Gasteiger charge is -2.18. The molecule has 15 heavy (non-hydrogen) atoms. The molecule has 0 aromatic heterocycles.